The fourth-order valence-corrected chi connectivity index (χ4v) is 3.27. The molecule has 1 saturated heterocycles. The molecule has 0 aliphatic carbocycles. The predicted octanol–water partition coefficient (Wildman–Crippen LogP) is 3.39. The van der Waals surface area contributed by atoms with E-state index in [0.717, 1.165) is 13.1 Å². The summed E-state index contributed by atoms with van der Waals surface area (Å²) in [6, 6.07) is 8.56. The molecule has 0 unspecified atom stereocenters. The summed E-state index contributed by atoms with van der Waals surface area (Å²) < 4.78 is 13.9. The summed E-state index contributed by atoms with van der Waals surface area (Å²) in [6.45, 7) is 4.72. The topological polar surface area (TPSA) is 36.4 Å². The number of piperazine rings is 1. The van der Waals surface area contributed by atoms with Crippen LogP contribution >= 0.6 is 11.6 Å². The molecular formula is C18H19ClFN3O. The zero-order valence-corrected chi connectivity index (χ0v) is 14.2. The van der Waals surface area contributed by atoms with E-state index in [1.54, 1.807) is 23.4 Å². The summed E-state index contributed by atoms with van der Waals surface area (Å²) >= 11 is 6.00. The summed E-state index contributed by atoms with van der Waals surface area (Å²) in [5.41, 5.74) is 1.16. The first-order valence-electron chi connectivity index (χ1n) is 7.95. The summed E-state index contributed by atoms with van der Waals surface area (Å²) in [7, 11) is 0. The normalized spacial score (nSPS) is 16.9. The van der Waals surface area contributed by atoms with Gasteiger partial charge in [-0.15, -0.1) is 0 Å². The highest BCUT2D eigenvalue weighted by atomic mass is 35.5. The van der Waals surface area contributed by atoms with Crippen molar-refractivity contribution in [1.82, 2.24) is 14.8 Å². The van der Waals surface area contributed by atoms with Gasteiger partial charge in [-0.2, -0.15) is 0 Å². The fourth-order valence-electron chi connectivity index (χ4n) is 3.03. The van der Waals surface area contributed by atoms with Crippen LogP contribution in [0.25, 0.3) is 0 Å². The van der Waals surface area contributed by atoms with Crippen LogP contribution in [-0.2, 0) is 0 Å². The van der Waals surface area contributed by atoms with E-state index in [0.29, 0.717) is 13.1 Å². The van der Waals surface area contributed by atoms with Crippen molar-refractivity contribution in [1.29, 1.82) is 0 Å². The molecule has 0 radical (unpaired) electrons. The fraction of sp³-hybridized carbons (Fsp3) is 0.333. The second-order valence-electron chi connectivity index (χ2n) is 5.88. The molecule has 1 atom stereocenters. The maximum Gasteiger partial charge on any atom is 0.258 e. The minimum Gasteiger partial charge on any atom is -0.336 e. The first-order valence-corrected chi connectivity index (χ1v) is 8.33. The molecule has 2 heterocycles. The van der Waals surface area contributed by atoms with Crippen LogP contribution in [0, 0.1) is 5.82 Å². The number of nitrogens with zero attached hydrogens (tertiary/aromatic N) is 3. The van der Waals surface area contributed by atoms with E-state index < -0.39 is 5.82 Å². The molecule has 0 N–H and O–H groups in total. The van der Waals surface area contributed by atoms with Crippen LogP contribution in [-0.4, -0.2) is 46.9 Å². The molecule has 0 bridgehead atoms. The molecule has 2 aromatic rings. The van der Waals surface area contributed by atoms with Gasteiger partial charge in [0.1, 0.15) is 5.82 Å². The van der Waals surface area contributed by atoms with Gasteiger partial charge in [0.2, 0.25) is 0 Å². The van der Waals surface area contributed by atoms with Crippen LogP contribution in [0.2, 0.25) is 5.02 Å². The van der Waals surface area contributed by atoms with Gasteiger partial charge in [-0.1, -0.05) is 17.7 Å². The summed E-state index contributed by atoms with van der Waals surface area (Å²) in [5.74, 6) is -0.908. The van der Waals surface area contributed by atoms with Crippen molar-refractivity contribution in [3.8, 4) is 0 Å². The van der Waals surface area contributed by atoms with Gasteiger partial charge in [-0.25, -0.2) is 4.39 Å². The van der Waals surface area contributed by atoms with Crippen molar-refractivity contribution in [2.75, 3.05) is 26.2 Å². The molecule has 126 valence electrons. The molecule has 1 fully saturated rings. The zero-order chi connectivity index (χ0) is 17.1. The van der Waals surface area contributed by atoms with Crippen LogP contribution in [0.15, 0.2) is 42.7 Å². The number of pyridine rings is 1. The van der Waals surface area contributed by atoms with E-state index in [1.165, 1.54) is 17.7 Å². The van der Waals surface area contributed by atoms with E-state index in [1.807, 2.05) is 12.1 Å². The first kappa shape index (κ1) is 16.9. The number of hydrogen-bond acceptors (Lipinski definition) is 3. The number of halogens is 2. The average molecular weight is 348 g/mol. The molecule has 0 spiro atoms. The summed E-state index contributed by atoms with van der Waals surface area (Å²) in [6.07, 6.45) is 3.57. The van der Waals surface area contributed by atoms with Crippen molar-refractivity contribution >= 4 is 17.5 Å². The van der Waals surface area contributed by atoms with Gasteiger partial charge in [0.15, 0.2) is 0 Å². The number of benzene rings is 1. The Hall–Kier alpha value is -1.98. The molecule has 24 heavy (non-hydrogen) atoms. The minimum atomic E-state index is -0.569. The largest absolute Gasteiger partial charge is 0.336 e. The van der Waals surface area contributed by atoms with E-state index in [-0.39, 0.29) is 22.5 Å². The van der Waals surface area contributed by atoms with E-state index >= 15 is 0 Å². The van der Waals surface area contributed by atoms with E-state index in [2.05, 4.69) is 16.8 Å². The maximum absolute atomic E-state index is 13.9. The van der Waals surface area contributed by atoms with Crippen LogP contribution in [0.1, 0.15) is 28.9 Å². The SMILES string of the molecule is C[C@@H](c1ccncc1)N1CCN(C(=O)c2c(F)cccc2Cl)CC1. The van der Waals surface area contributed by atoms with Crippen molar-refractivity contribution in [2.24, 2.45) is 0 Å². The predicted molar refractivity (Wildman–Crippen MR) is 91.5 cm³/mol. The molecular weight excluding hydrogens is 329 g/mol. The van der Waals surface area contributed by atoms with Crippen molar-refractivity contribution in [3.63, 3.8) is 0 Å². The standard InChI is InChI=1S/C18H19ClFN3O/c1-13(14-5-7-21-8-6-14)22-9-11-23(12-10-22)18(24)17-15(19)3-2-4-16(17)20/h2-8,13H,9-12H2,1H3/t13-/m0/s1. The van der Waals surface area contributed by atoms with Gasteiger partial charge in [0, 0.05) is 44.6 Å². The van der Waals surface area contributed by atoms with Crippen molar-refractivity contribution < 1.29 is 9.18 Å². The van der Waals surface area contributed by atoms with Gasteiger partial charge in [0.25, 0.3) is 5.91 Å². The molecule has 1 aliphatic rings. The van der Waals surface area contributed by atoms with Crippen LogP contribution < -0.4 is 0 Å². The number of aromatic nitrogens is 1. The first-order chi connectivity index (χ1) is 11.6. The maximum atomic E-state index is 13.9. The third-order valence-electron chi connectivity index (χ3n) is 4.51. The smallest absolute Gasteiger partial charge is 0.258 e. The third kappa shape index (κ3) is 3.42. The quantitative estimate of drug-likeness (QED) is 0.854. The lowest BCUT2D eigenvalue weighted by Crippen LogP contribution is -2.49. The Balaban J connectivity index is 1.66. The van der Waals surface area contributed by atoms with Gasteiger partial charge >= 0.3 is 0 Å². The lowest BCUT2D eigenvalue weighted by molar-refractivity contribution is 0.0578. The Morgan fingerprint density at radius 1 is 1.17 bits per heavy atom. The highest BCUT2D eigenvalue weighted by Gasteiger charge is 2.27. The Bertz CT molecular complexity index is 697. The van der Waals surface area contributed by atoms with Gasteiger partial charge < -0.3 is 4.90 Å². The van der Waals surface area contributed by atoms with Crippen LogP contribution in [0.5, 0.6) is 0 Å². The molecule has 1 amide bonds. The van der Waals surface area contributed by atoms with Crippen LogP contribution in [0.4, 0.5) is 4.39 Å². The van der Waals surface area contributed by atoms with Gasteiger partial charge in [0.05, 0.1) is 10.6 Å². The Kier molecular flexibility index (Phi) is 5.11. The van der Waals surface area contributed by atoms with Crippen LogP contribution in [0.3, 0.4) is 0 Å². The highest BCUT2D eigenvalue weighted by Crippen LogP contribution is 2.24. The Morgan fingerprint density at radius 3 is 2.46 bits per heavy atom. The van der Waals surface area contributed by atoms with Crippen molar-refractivity contribution in [3.05, 3.63) is 64.7 Å². The number of carbonyl (C=O) groups is 1. The molecule has 6 heteroatoms. The summed E-state index contributed by atoms with van der Waals surface area (Å²) in [4.78, 5) is 20.6. The molecule has 4 nitrogen and oxygen atoms in total. The van der Waals surface area contributed by atoms with E-state index in [9.17, 15) is 9.18 Å². The van der Waals surface area contributed by atoms with E-state index in [4.69, 9.17) is 11.6 Å². The molecule has 1 aromatic heterocycles. The van der Waals surface area contributed by atoms with Gasteiger partial charge in [-0.05, 0) is 36.8 Å². The highest BCUT2D eigenvalue weighted by molar-refractivity contribution is 6.33. The summed E-state index contributed by atoms with van der Waals surface area (Å²) in [5, 5.41) is 0.160. The second-order valence-corrected chi connectivity index (χ2v) is 6.29. The lowest BCUT2D eigenvalue weighted by Gasteiger charge is -2.38. The minimum absolute atomic E-state index is 0.0326. The number of carbonyl (C=O) groups excluding carboxylic acids is 1. The lowest BCUT2D eigenvalue weighted by atomic mass is 10.1. The Morgan fingerprint density at radius 2 is 1.83 bits per heavy atom. The van der Waals surface area contributed by atoms with Crippen molar-refractivity contribution in [2.45, 2.75) is 13.0 Å². The zero-order valence-electron chi connectivity index (χ0n) is 13.5. The molecule has 0 saturated carbocycles. The Labute approximate surface area is 145 Å². The van der Waals surface area contributed by atoms with Gasteiger partial charge in [-0.3, -0.25) is 14.7 Å². The molecule has 1 aromatic carbocycles. The monoisotopic (exact) mass is 347 g/mol. The third-order valence-corrected chi connectivity index (χ3v) is 4.83. The molecule has 3 rings (SSSR count). The number of hydrogen-bond donors (Lipinski definition) is 0. The average Bonchev–Trinajstić information content (AvgIpc) is 2.62. The number of amides is 1. The molecule has 1 aliphatic heterocycles. The second kappa shape index (κ2) is 7.28. The number of rotatable bonds is 3.